The van der Waals surface area contributed by atoms with Crippen LogP contribution in [0.5, 0.6) is 0 Å². The second-order valence-electron chi connectivity index (χ2n) is 7.10. The maximum absolute atomic E-state index is 13.2. The van der Waals surface area contributed by atoms with Crippen LogP contribution in [-0.2, 0) is 7.05 Å². The van der Waals surface area contributed by atoms with E-state index < -0.39 is 22.0 Å². The van der Waals surface area contributed by atoms with Crippen LogP contribution in [0, 0.1) is 25.2 Å². The number of rotatable bonds is 6. The molecule has 31 heavy (non-hydrogen) atoms. The average Bonchev–Trinajstić information content (AvgIpc) is 2.96. The van der Waals surface area contributed by atoms with E-state index in [-0.39, 0.29) is 5.69 Å². The maximum atomic E-state index is 13.2. The van der Waals surface area contributed by atoms with Gasteiger partial charge in [-0.1, -0.05) is 59.1 Å². The molecular formula is C22H21Cl2N5O2. The number of nitrogens with one attached hydrogen (secondary N) is 2. The van der Waals surface area contributed by atoms with Crippen LogP contribution in [0.4, 0.5) is 5.69 Å². The normalized spacial score (nSPS) is 12.8. The van der Waals surface area contributed by atoms with Crippen LogP contribution in [0.2, 0.25) is 0 Å². The first kappa shape index (κ1) is 22.5. The van der Waals surface area contributed by atoms with Gasteiger partial charge in [0.1, 0.15) is 11.8 Å². The zero-order valence-electron chi connectivity index (χ0n) is 17.2. The van der Waals surface area contributed by atoms with Gasteiger partial charge in [-0.2, -0.15) is 5.26 Å². The molecule has 0 fully saturated rings. The largest absolute Gasteiger partial charge is 0.343 e. The molecule has 1 aromatic heterocycles. The summed E-state index contributed by atoms with van der Waals surface area (Å²) in [5.74, 6) is -0.558. The highest BCUT2D eigenvalue weighted by Crippen LogP contribution is 2.25. The van der Waals surface area contributed by atoms with E-state index in [1.165, 1.54) is 4.68 Å². The molecule has 2 aromatic carbocycles. The van der Waals surface area contributed by atoms with Crippen LogP contribution in [0.15, 0.2) is 59.4 Å². The van der Waals surface area contributed by atoms with Crippen molar-refractivity contribution in [3.63, 3.8) is 0 Å². The Balaban J connectivity index is 2.02. The van der Waals surface area contributed by atoms with Gasteiger partial charge in [0.25, 0.3) is 11.5 Å². The lowest BCUT2D eigenvalue weighted by Crippen LogP contribution is -2.58. The third-order valence-electron chi connectivity index (χ3n) is 5.00. The highest BCUT2D eigenvalue weighted by molar-refractivity contribution is 6.45. The summed E-state index contributed by atoms with van der Waals surface area (Å²) in [7, 11) is 1.72. The molecule has 1 atom stereocenters. The van der Waals surface area contributed by atoms with Gasteiger partial charge in [0, 0.05) is 12.6 Å². The number of aromatic nitrogens is 2. The van der Waals surface area contributed by atoms with Crippen molar-refractivity contribution >= 4 is 34.8 Å². The van der Waals surface area contributed by atoms with Crippen LogP contribution in [0.3, 0.4) is 0 Å². The third kappa shape index (κ3) is 4.31. The fourth-order valence-electron chi connectivity index (χ4n) is 3.11. The molecule has 3 aromatic rings. The summed E-state index contributed by atoms with van der Waals surface area (Å²) in [5.41, 5.74) is 0.235. The number of benzene rings is 2. The summed E-state index contributed by atoms with van der Waals surface area (Å²) in [6.07, 6.45) is 0. The van der Waals surface area contributed by atoms with Gasteiger partial charge in [-0.05, 0) is 38.1 Å². The summed E-state index contributed by atoms with van der Waals surface area (Å²) in [5, 5.41) is 15.3. The van der Waals surface area contributed by atoms with Crippen molar-refractivity contribution in [1.29, 1.82) is 5.26 Å². The molecule has 9 heteroatoms. The molecule has 0 aliphatic rings. The van der Waals surface area contributed by atoms with E-state index >= 15 is 0 Å². The van der Waals surface area contributed by atoms with Gasteiger partial charge in [-0.25, -0.2) is 4.68 Å². The highest BCUT2D eigenvalue weighted by atomic mass is 35.5. The molecule has 0 saturated heterocycles. The topological polar surface area (TPSA) is 91.8 Å². The molecule has 3 rings (SSSR count). The smallest absolute Gasteiger partial charge is 0.295 e. The van der Waals surface area contributed by atoms with E-state index in [0.29, 0.717) is 16.9 Å². The molecule has 0 unspecified atom stereocenters. The monoisotopic (exact) mass is 457 g/mol. The van der Waals surface area contributed by atoms with Crippen LogP contribution >= 0.6 is 23.2 Å². The van der Waals surface area contributed by atoms with Crippen LogP contribution in [0.25, 0.3) is 5.69 Å². The predicted octanol–water partition coefficient (Wildman–Crippen LogP) is 3.66. The van der Waals surface area contributed by atoms with Crippen molar-refractivity contribution in [2.24, 2.45) is 7.05 Å². The number of anilines is 1. The summed E-state index contributed by atoms with van der Waals surface area (Å²) in [6, 6.07) is 17.8. The molecule has 0 saturated carbocycles. The Bertz CT molecular complexity index is 1190. The molecule has 0 bridgehead atoms. The maximum Gasteiger partial charge on any atom is 0.295 e. The first-order valence-corrected chi connectivity index (χ1v) is 10.3. The number of amides is 1. The Morgan fingerprint density at radius 2 is 1.71 bits per heavy atom. The standard InChI is InChI=1S/C22H21Cl2N5O2/c1-14-9-11-16(12-10-14)19(30)27-22(13-25,21(23)24)26-18-15(2)28(3)29(20(18)31)17-7-5-4-6-8-17/h4-12,21,26H,1-3H3,(H,27,30)/t22-/m1/s1. The molecule has 7 nitrogen and oxygen atoms in total. The molecular weight excluding hydrogens is 437 g/mol. The third-order valence-corrected chi connectivity index (χ3v) is 5.66. The quantitative estimate of drug-likeness (QED) is 0.436. The van der Waals surface area contributed by atoms with E-state index in [1.54, 1.807) is 55.1 Å². The molecule has 0 aliphatic carbocycles. The zero-order chi connectivity index (χ0) is 22.8. The Hall–Kier alpha value is -3.21. The molecule has 1 amide bonds. The van der Waals surface area contributed by atoms with Crippen molar-refractivity contribution in [3.8, 4) is 11.8 Å². The van der Waals surface area contributed by atoms with Crippen LogP contribution < -0.4 is 16.2 Å². The molecule has 2 N–H and O–H groups in total. The van der Waals surface area contributed by atoms with Crippen molar-refractivity contribution in [3.05, 3.63) is 81.8 Å². The number of hydrogen-bond donors (Lipinski definition) is 2. The number of halogens is 2. The number of alkyl halides is 2. The van der Waals surface area contributed by atoms with Gasteiger partial charge in [-0.15, -0.1) is 0 Å². The fraction of sp³-hybridized carbons (Fsp3) is 0.227. The summed E-state index contributed by atoms with van der Waals surface area (Å²) in [4.78, 5) is 24.6. The second kappa shape index (κ2) is 8.88. The number of nitrogens with zero attached hydrogens (tertiary/aromatic N) is 3. The molecule has 1 heterocycles. The number of carbonyl (C=O) groups is 1. The van der Waals surface area contributed by atoms with Gasteiger partial charge in [-0.3, -0.25) is 14.3 Å². The summed E-state index contributed by atoms with van der Waals surface area (Å²) < 4.78 is 3.08. The number of para-hydroxylation sites is 1. The molecule has 0 radical (unpaired) electrons. The van der Waals surface area contributed by atoms with Gasteiger partial charge in [0.05, 0.1) is 11.4 Å². The minimum absolute atomic E-state index is 0.100. The highest BCUT2D eigenvalue weighted by Gasteiger charge is 2.41. The van der Waals surface area contributed by atoms with Crippen molar-refractivity contribution in [1.82, 2.24) is 14.7 Å². The first-order chi connectivity index (χ1) is 14.7. The Kier molecular flexibility index (Phi) is 6.44. The Morgan fingerprint density at radius 3 is 2.26 bits per heavy atom. The molecule has 160 valence electrons. The van der Waals surface area contributed by atoms with Crippen molar-refractivity contribution < 1.29 is 4.79 Å². The number of carbonyl (C=O) groups excluding carboxylic acids is 1. The number of hydrogen-bond acceptors (Lipinski definition) is 4. The first-order valence-electron chi connectivity index (χ1n) is 9.41. The SMILES string of the molecule is Cc1ccc(C(=O)N[C@@](C#N)(Nc2c(C)n(C)n(-c3ccccc3)c2=O)C(Cl)Cl)cc1. The van der Waals surface area contributed by atoms with E-state index in [1.807, 2.05) is 31.2 Å². The van der Waals surface area contributed by atoms with Gasteiger partial charge in [0.15, 0.2) is 4.84 Å². The van der Waals surface area contributed by atoms with Crippen LogP contribution in [0.1, 0.15) is 21.6 Å². The lowest BCUT2D eigenvalue weighted by Gasteiger charge is -2.30. The molecule has 0 spiro atoms. The summed E-state index contributed by atoms with van der Waals surface area (Å²) >= 11 is 12.3. The van der Waals surface area contributed by atoms with Gasteiger partial charge >= 0.3 is 0 Å². The van der Waals surface area contributed by atoms with E-state index in [0.717, 1.165) is 5.56 Å². The predicted molar refractivity (Wildman–Crippen MR) is 122 cm³/mol. The lowest BCUT2D eigenvalue weighted by molar-refractivity contribution is 0.0929. The number of nitriles is 1. The average molecular weight is 458 g/mol. The Morgan fingerprint density at radius 1 is 1.10 bits per heavy atom. The minimum atomic E-state index is -1.94. The summed E-state index contributed by atoms with van der Waals surface area (Å²) in [6.45, 7) is 3.61. The van der Waals surface area contributed by atoms with Crippen molar-refractivity contribution in [2.45, 2.75) is 24.3 Å². The van der Waals surface area contributed by atoms with Crippen molar-refractivity contribution in [2.75, 3.05) is 5.32 Å². The van der Waals surface area contributed by atoms with Gasteiger partial charge < -0.3 is 10.6 Å². The molecule has 0 aliphatic heterocycles. The minimum Gasteiger partial charge on any atom is -0.343 e. The van der Waals surface area contributed by atoms with Crippen LogP contribution in [-0.4, -0.2) is 25.8 Å². The van der Waals surface area contributed by atoms with E-state index in [4.69, 9.17) is 23.2 Å². The van der Waals surface area contributed by atoms with E-state index in [2.05, 4.69) is 10.6 Å². The Labute approximate surface area is 189 Å². The van der Waals surface area contributed by atoms with E-state index in [9.17, 15) is 14.9 Å². The number of aryl methyl sites for hydroxylation is 1. The lowest BCUT2D eigenvalue weighted by atomic mass is 10.1. The van der Waals surface area contributed by atoms with Gasteiger partial charge in [0.2, 0.25) is 5.66 Å². The fourth-order valence-corrected chi connectivity index (χ4v) is 3.43. The second-order valence-corrected chi connectivity index (χ2v) is 8.20. The zero-order valence-corrected chi connectivity index (χ0v) is 18.7.